The lowest BCUT2D eigenvalue weighted by atomic mass is 9.89. The molecule has 1 N–H and O–H groups in total. The van der Waals surface area contributed by atoms with Crippen LogP contribution in [-0.4, -0.2) is 46.8 Å². The maximum Gasteiger partial charge on any atom is 0.254 e. The van der Waals surface area contributed by atoms with Gasteiger partial charge in [-0.05, 0) is 39.2 Å². The summed E-state index contributed by atoms with van der Waals surface area (Å²) in [5.41, 5.74) is 3.87. The van der Waals surface area contributed by atoms with Gasteiger partial charge in [0.25, 0.3) is 5.91 Å². The van der Waals surface area contributed by atoms with E-state index in [2.05, 4.69) is 41.4 Å². The van der Waals surface area contributed by atoms with Gasteiger partial charge in [-0.3, -0.25) is 9.89 Å². The standard InChI is InChI=1S/C20H27N3O2/c1-14-7-9-15(10-8-14)17-12-21-22-18(17)16-6-5-11-23(13-16)19(24)20(2,3)25-4/h7-10,12,16H,5-6,11,13H2,1-4H3,(H,21,22)/t16-/m0/s1. The van der Waals surface area contributed by atoms with Crippen molar-refractivity contribution in [1.29, 1.82) is 0 Å². The van der Waals surface area contributed by atoms with Gasteiger partial charge in [-0.2, -0.15) is 5.10 Å². The Bertz CT molecular complexity index is 734. The summed E-state index contributed by atoms with van der Waals surface area (Å²) in [4.78, 5) is 14.7. The Morgan fingerprint density at radius 2 is 2.04 bits per heavy atom. The maximum absolute atomic E-state index is 12.7. The average molecular weight is 341 g/mol. The predicted octanol–water partition coefficient (Wildman–Crippen LogP) is 3.52. The molecule has 1 amide bonds. The lowest BCUT2D eigenvalue weighted by Crippen LogP contribution is -2.49. The highest BCUT2D eigenvalue weighted by atomic mass is 16.5. The molecular weight excluding hydrogens is 314 g/mol. The summed E-state index contributed by atoms with van der Waals surface area (Å²) in [6.45, 7) is 7.23. The molecule has 1 aromatic heterocycles. The minimum Gasteiger partial charge on any atom is -0.369 e. The number of carbonyl (C=O) groups is 1. The second-order valence-electron chi connectivity index (χ2n) is 7.37. The minimum atomic E-state index is -0.782. The van der Waals surface area contributed by atoms with Crippen molar-refractivity contribution in [2.75, 3.05) is 20.2 Å². The number of methoxy groups -OCH3 is 1. The van der Waals surface area contributed by atoms with Crippen LogP contribution in [0.25, 0.3) is 11.1 Å². The van der Waals surface area contributed by atoms with Gasteiger partial charge in [0.2, 0.25) is 0 Å². The minimum absolute atomic E-state index is 0.0519. The van der Waals surface area contributed by atoms with E-state index in [4.69, 9.17) is 4.74 Å². The molecule has 1 fully saturated rings. The third kappa shape index (κ3) is 3.61. The number of rotatable bonds is 4. The first-order chi connectivity index (χ1) is 11.9. The first kappa shape index (κ1) is 17.7. The monoisotopic (exact) mass is 341 g/mol. The molecule has 1 aliphatic heterocycles. The van der Waals surface area contributed by atoms with Crippen molar-refractivity contribution in [3.05, 3.63) is 41.7 Å². The molecule has 1 atom stereocenters. The zero-order chi connectivity index (χ0) is 18.0. The van der Waals surface area contributed by atoms with E-state index >= 15 is 0 Å². The van der Waals surface area contributed by atoms with Crippen molar-refractivity contribution in [3.63, 3.8) is 0 Å². The van der Waals surface area contributed by atoms with Gasteiger partial charge in [0, 0.05) is 37.4 Å². The van der Waals surface area contributed by atoms with Crippen molar-refractivity contribution in [2.24, 2.45) is 0 Å². The van der Waals surface area contributed by atoms with Crippen LogP contribution >= 0.6 is 0 Å². The third-order valence-corrected chi connectivity index (χ3v) is 5.17. The first-order valence-electron chi connectivity index (χ1n) is 8.87. The molecule has 0 spiro atoms. The summed E-state index contributed by atoms with van der Waals surface area (Å²) in [5.74, 6) is 0.320. The number of hydrogen-bond acceptors (Lipinski definition) is 3. The molecule has 5 heteroatoms. The Morgan fingerprint density at radius 1 is 1.32 bits per heavy atom. The van der Waals surface area contributed by atoms with Crippen LogP contribution in [0.2, 0.25) is 0 Å². The Kier molecular flexibility index (Phi) is 4.95. The highest BCUT2D eigenvalue weighted by Gasteiger charge is 2.35. The van der Waals surface area contributed by atoms with E-state index < -0.39 is 5.60 Å². The molecular formula is C20H27N3O2. The van der Waals surface area contributed by atoms with Gasteiger partial charge in [-0.1, -0.05) is 29.8 Å². The fourth-order valence-electron chi connectivity index (χ4n) is 3.44. The number of carbonyl (C=O) groups excluding carboxylic acids is 1. The molecule has 3 rings (SSSR count). The predicted molar refractivity (Wildman–Crippen MR) is 98.4 cm³/mol. The summed E-state index contributed by atoms with van der Waals surface area (Å²) in [5, 5.41) is 7.46. The lowest BCUT2D eigenvalue weighted by molar-refractivity contribution is -0.152. The molecule has 0 unspecified atom stereocenters. The number of ether oxygens (including phenoxy) is 1. The number of benzene rings is 1. The molecule has 2 heterocycles. The molecule has 1 aliphatic rings. The molecule has 1 saturated heterocycles. The van der Waals surface area contributed by atoms with E-state index in [-0.39, 0.29) is 11.8 Å². The third-order valence-electron chi connectivity index (χ3n) is 5.17. The highest BCUT2D eigenvalue weighted by molar-refractivity contribution is 5.84. The highest BCUT2D eigenvalue weighted by Crippen LogP contribution is 2.33. The maximum atomic E-state index is 12.7. The SMILES string of the molecule is COC(C)(C)C(=O)N1CCC[C@H](c2[nH]ncc2-c2ccc(C)cc2)C1. The van der Waals surface area contributed by atoms with Crippen LogP contribution in [0.1, 0.15) is 43.9 Å². The van der Waals surface area contributed by atoms with E-state index in [0.717, 1.165) is 36.2 Å². The zero-order valence-corrected chi connectivity index (χ0v) is 15.5. The molecule has 0 bridgehead atoms. The van der Waals surface area contributed by atoms with Crippen LogP contribution in [0.3, 0.4) is 0 Å². The van der Waals surface area contributed by atoms with E-state index in [9.17, 15) is 4.79 Å². The van der Waals surface area contributed by atoms with Crippen molar-refractivity contribution in [2.45, 2.75) is 45.1 Å². The molecule has 25 heavy (non-hydrogen) atoms. The summed E-state index contributed by atoms with van der Waals surface area (Å²) in [6, 6.07) is 8.49. The number of hydrogen-bond donors (Lipinski definition) is 1. The Morgan fingerprint density at radius 3 is 2.72 bits per heavy atom. The number of piperidine rings is 1. The van der Waals surface area contributed by atoms with Crippen molar-refractivity contribution in [3.8, 4) is 11.1 Å². The van der Waals surface area contributed by atoms with Crippen LogP contribution in [0.5, 0.6) is 0 Å². The van der Waals surface area contributed by atoms with E-state index in [1.54, 1.807) is 7.11 Å². The van der Waals surface area contributed by atoms with Crippen LogP contribution in [0.15, 0.2) is 30.5 Å². The first-order valence-corrected chi connectivity index (χ1v) is 8.87. The van der Waals surface area contributed by atoms with Crippen LogP contribution in [0.4, 0.5) is 0 Å². The second-order valence-corrected chi connectivity index (χ2v) is 7.37. The van der Waals surface area contributed by atoms with Gasteiger partial charge < -0.3 is 9.64 Å². The van der Waals surface area contributed by atoms with E-state index in [1.807, 2.05) is 24.9 Å². The Balaban J connectivity index is 1.82. The molecule has 0 radical (unpaired) electrons. The lowest BCUT2D eigenvalue weighted by Gasteiger charge is -2.37. The van der Waals surface area contributed by atoms with Crippen LogP contribution < -0.4 is 0 Å². The number of likely N-dealkylation sites (tertiary alicyclic amines) is 1. The summed E-state index contributed by atoms with van der Waals surface area (Å²) in [6.07, 6.45) is 3.93. The molecule has 5 nitrogen and oxygen atoms in total. The Labute approximate surface area is 149 Å². The normalized spacial score (nSPS) is 18.4. The largest absolute Gasteiger partial charge is 0.369 e. The summed E-state index contributed by atoms with van der Waals surface area (Å²) < 4.78 is 5.37. The van der Waals surface area contributed by atoms with Gasteiger partial charge in [-0.25, -0.2) is 0 Å². The van der Waals surface area contributed by atoms with Gasteiger partial charge in [0.15, 0.2) is 0 Å². The molecule has 0 aliphatic carbocycles. The van der Waals surface area contributed by atoms with Crippen LogP contribution in [0, 0.1) is 6.92 Å². The Hall–Kier alpha value is -2.14. The number of nitrogens with one attached hydrogen (secondary N) is 1. The van der Waals surface area contributed by atoms with Crippen molar-refractivity contribution in [1.82, 2.24) is 15.1 Å². The zero-order valence-electron chi connectivity index (χ0n) is 15.5. The van der Waals surface area contributed by atoms with Crippen LogP contribution in [-0.2, 0) is 9.53 Å². The fraction of sp³-hybridized carbons (Fsp3) is 0.500. The second kappa shape index (κ2) is 7.00. The number of nitrogens with zero attached hydrogens (tertiary/aromatic N) is 2. The van der Waals surface area contributed by atoms with Crippen molar-refractivity contribution < 1.29 is 9.53 Å². The topological polar surface area (TPSA) is 58.2 Å². The summed E-state index contributed by atoms with van der Waals surface area (Å²) in [7, 11) is 1.59. The van der Waals surface area contributed by atoms with Gasteiger partial charge >= 0.3 is 0 Å². The van der Waals surface area contributed by atoms with Gasteiger partial charge in [-0.15, -0.1) is 0 Å². The average Bonchev–Trinajstić information content (AvgIpc) is 3.11. The van der Waals surface area contributed by atoms with Gasteiger partial charge in [0.1, 0.15) is 5.60 Å². The number of amides is 1. The number of aromatic nitrogens is 2. The van der Waals surface area contributed by atoms with Gasteiger partial charge in [0.05, 0.1) is 6.20 Å². The smallest absolute Gasteiger partial charge is 0.254 e. The number of aryl methyl sites for hydroxylation is 1. The van der Waals surface area contributed by atoms with Crippen molar-refractivity contribution >= 4 is 5.91 Å². The summed E-state index contributed by atoms with van der Waals surface area (Å²) >= 11 is 0. The quantitative estimate of drug-likeness (QED) is 0.926. The number of H-pyrrole nitrogens is 1. The molecule has 2 aromatic rings. The molecule has 134 valence electrons. The molecule has 1 aromatic carbocycles. The number of aromatic amines is 1. The van der Waals surface area contributed by atoms with E-state index in [1.165, 1.54) is 5.56 Å². The molecule has 0 saturated carbocycles. The fourth-order valence-corrected chi connectivity index (χ4v) is 3.44. The van der Waals surface area contributed by atoms with E-state index in [0.29, 0.717) is 6.54 Å².